The zero-order chi connectivity index (χ0) is 32.6. The predicted molar refractivity (Wildman–Crippen MR) is 173 cm³/mol. The highest BCUT2D eigenvalue weighted by Gasteiger charge is 2.38. The third kappa shape index (κ3) is 9.79. The molecule has 0 saturated carbocycles. The summed E-state index contributed by atoms with van der Waals surface area (Å²) in [5, 5.41) is 6.23. The lowest BCUT2D eigenvalue weighted by molar-refractivity contribution is -0.143. The summed E-state index contributed by atoms with van der Waals surface area (Å²) in [5.74, 6) is -1.84. The fourth-order valence-electron chi connectivity index (χ4n) is 5.20. The van der Waals surface area contributed by atoms with E-state index in [1.54, 1.807) is 24.3 Å². The van der Waals surface area contributed by atoms with Gasteiger partial charge in [-0.2, -0.15) is 0 Å². The van der Waals surface area contributed by atoms with Crippen LogP contribution in [0.4, 0.5) is 5.69 Å². The second-order valence-corrected chi connectivity index (χ2v) is 14.1. The normalized spacial score (nSPS) is 16.4. The van der Waals surface area contributed by atoms with Crippen LogP contribution in [0.2, 0.25) is 0 Å². The van der Waals surface area contributed by atoms with Gasteiger partial charge in [0.1, 0.15) is 17.8 Å². The van der Waals surface area contributed by atoms with Crippen molar-refractivity contribution in [3.8, 4) is 5.75 Å². The molecule has 0 aliphatic carbocycles. The van der Waals surface area contributed by atoms with Gasteiger partial charge in [0.05, 0.1) is 17.9 Å². The number of amides is 4. The first-order valence-electron chi connectivity index (χ1n) is 14.4. The van der Waals surface area contributed by atoms with Gasteiger partial charge in [0.15, 0.2) is 0 Å². The summed E-state index contributed by atoms with van der Waals surface area (Å²) in [5.41, 5.74) is 6.24. The lowest BCUT2D eigenvalue weighted by Gasteiger charge is -2.37. The highest BCUT2D eigenvalue weighted by Crippen LogP contribution is 2.41. The first-order valence-corrected chi connectivity index (χ1v) is 17.3. The molecule has 3 aromatic carbocycles. The summed E-state index contributed by atoms with van der Waals surface area (Å²) in [4.78, 5) is 73.0. The zero-order valence-corrected chi connectivity index (χ0v) is 26.5. The topological polar surface area (TPSA) is 188 Å². The van der Waals surface area contributed by atoms with Crippen molar-refractivity contribution in [1.82, 2.24) is 10.2 Å². The number of methoxy groups -OCH3 is 1. The minimum atomic E-state index is -4.52. The molecule has 6 N–H and O–H groups in total. The standard InChI is InChI=1S/C31H37N4O8PS/c1-43-24-13-11-23(12-14-24)33-28(36)18-27(45-19-44(40,41)42)31(39)35-15-5-4-8-26(35)30(38)34-25(29(32)37)17-20-9-10-21-6-2-3-7-22(21)16-20/h2-3,6-7,9-14,16,25-27H,4-5,8,15,17-19H2,1H3,(H2,32,37)(H,33,36)(H,34,38)(H2,40,41,42)/t25-,26-,27?/m0/s1. The summed E-state index contributed by atoms with van der Waals surface area (Å²) in [7, 11) is -3.01. The number of hydrogen-bond donors (Lipinski definition) is 5. The maximum atomic E-state index is 13.8. The molecule has 0 spiro atoms. The molecule has 14 heteroatoms. The van der Waals surface area contributed by atoms with E-state index >= 15 is 0 Å². The number of carbonyl (C=O) groups is 4. The van der Waals surface area contributed by atoms with Crippen molar-refractivity contribution in [2.45, 2.75) is 49.4 Å². The fraction of sp³-hybridized carbons (Fsp3) is 0.355. The zero-order valence-electron chi connectivity index (χ0n) is 24.8. The van der Waals surface area contributed by atoms with E-state index in [2.05, 4.69) is 10.6 Å². The molecule has 1 aliphatic rings. The van der Waals surface area contributed by atoms with Crippen LogP contribution in [0.5, 0.6) is 5.75 Å². The Bertz CT molecular complexity index is 1580. The van der Waals surface area contributed by atoms with Gasteiger partial charge >= 0.3 is 7.60 Å². The van der Waals surface area contributed by atoms with E-state index in [-0.39, 0.29) is 19.4 Å². The molecule has 12 nitrogen and oxygen atoms in total. The molecule has 1 saturated heterocycles. The number of nitrogens with zero attached hydrogens (tertiary/aromatic N) is 1. The quantitative estimate of drug-likeness (QED) is 0.172. The molecule has 240 valence electrons. The maximum Gasteiger partial charge on any atom is 0.335 e. The summed E-state index contributed by atoms with van der Waals surface area (Å²) in [6.07, 6.45) is 1.32. The minimum absolute atomic E-state index is 0.152. The Balaban J connectivity index is 1.48. The number of ether oxygens (including phenoxy) is 1. The molecule has 1 aliphatic heterocycles. The van der Waals surface area contributed by atoms with Crippen molar-refractivity contribution in [2.24, 2.45) is 5.73 Å². The Morgan fingerprint density at radius 2 is 1.76 bits per heavy atom. The van der Waals surface area contributed by atoms with E-state index in [4.69, 9.17) is 10.5 Å². The molecule has 4 amide bonds. The van der Waals surface area contributed by atoms with E-state index < -0.39 is 54.1 Å². The van der Waals surface area contributed by atoms with Gasteiger partial charge in [0.25, 0.3) is 0 Å². The Labute approximate surface area is 265 Å². The third-order valence-corrected chi connectivity index (χ3v) is 10.2. The van der Waals surface area contributed by atoms with Crippen LogP contribution in [0.3, 0.4) is 0 Å². The molecule has 0 aromatic heterocycles. The Morgan fingerprint density at radius 1 is 1.04 bits per heavy atom. The van der Waals surface area contributed by atoms with E-state index in [9.17, 15) is 33.5 Å². The van der Waals surface area contributed by atoms with E-state index in [1.807, 2.05) is 42.5 Å². The number of primary amides is 1. The Morgan fingerprint density at radius 3 is 2.42 bits per heavy atom. The third-order valence-electron chi connectivity index (χ3n) is 7.47. The molecule has 0 bridgehead atoms. The first-order chi connectivity index (χ1) is 21.4. The van der Waals surface area contributed by atoms with Crippen LogP contribution >= 0.6 is 19.4 Å². The highest BCUT2D eigenvalue weighted by atomic mass is 32.2. The number of thioether (sulfide) groups is 1. The van der Waals surface area contributed by atoms with Crippen LogP contribution in [-0.4, -0.2) is 74.8 Å². The number of fused-ring (bicyclic) bond motifs is 1. The number of benzene rings is 3. The number of nitrogens with one attached hydrogen (secondary N) is 2. The largest absolute Gasteiger partial charge is 0.497 e. The van der Waals surface area contributed by atoms with Crippen molar-refractivity contribution >= 4 is 59.4 Å². The molecular weight excluding hydrogens is 619 g/mol. The molecule has 4 rings (SSSR count). The monoisotopic (exact) mass is 656 g/mol. The van der Waals surface area contributed by atoms with E-state index in [0.717, 1.165) is 16.3 Å². The predicted octanol–water partition coefficient (Wildman–Crippen LogP) is 3.01. The Hall–Kier alpha value is -3.90. The van der Waals surface area contributed by atoms with Gasteiger partial charge in [-0.3, -0.25) is 23.7 Å². The average Bonchev–Trinajstić information content (AvgIpc) is 3.02. The fourth-order valence-corrected chi connectivity index (χ4v) is 7.25. The summed E-state index contributed by atoms with van der Waals surface area (Å²) >= 11 is 0.669. The van der Waals surface area contributed by atoms with Gasteiger partial charge in [-0.05, 0) is 59.9 Å². The summed E-state index contributed by atoms with van der Waals surface area (Å²) in [6.45, 7) is 0.204. The summed E-state index contributed by atoms with van der Waals surface area (Å²) < 4.78 is 16.8. The molecule has 45 heavy (non-hydrogen) atoms. The second-order valence-electron chi connectivity index (χ2n) is 10.8. The number of anilines is 1. The summed E-state index contributed by atoms with van der Waals surface area (Å²) in [6, 6.07) is 18.0. The van der Waals surface area contributed by atoms with Crippen LogP contribution in [0.25, 0.3) is 10.8 Å². The molecule has 1 heterocycles. The van der Waals surface area contributed by atoms with Crippen molar-refractivity contribution < 1.29 is 38.3 Å². The van der Waals surface area contributed by atoms with Crippen LogP contribution in [0, 0.1) is 0 Å². The van der Waals surface area contributed by atoms with E-state index in [1.165, 1.54) is 12.0 Å². The van der Waals surface area contributed by atoms with Gasteiger partial charge in [0.2, 0.25) is 23.6 Å². The van der Waals surface area contributed by atoms with Crippen molar-refractivity contribution in [3.63, 3.8) is 0 Å². The van der Waals surface area contributed by atoms with Gasteiger partial charge in [-0.15, -0.1) is 11.8 Å². The Kier molecular flexibility index (Phi) is 11.6. The number of hydrogen-bond acceptors (Lipinski definition) is 7. The van der Waals surface area contributed by atoms with Gasteiger partial charge in [0, 0.05) is 25.1 Å². The number of likely N-dealkylation sites (tertiary alicyclic amines) is 1. The highest BCUT2D eigenvalue weighted by molar-refractivity contribution is 8.05. The molecule has 1 unspecified atom stereocenters. The maximum absolute atomic E-state index is 13.8. The van der Waals surface area contributed by atoms with Crippen molar-refractivity contribution in [2.75, 3.05) is 24.5 Å². The minimum Gasteiger partial charge on any atom is -0.497 e. The number of rotatable bonds is 13. The van der Waals surface area contributed by atoms with Gasteiger partial charge in [-0.1, -0.05) is 42.5 Å². The van der Waals surface area contributed by atoms with Crippen LogP contribution in [0.15, 0.2) is 66.7 Å². The van der Waals surface area contributed by atoms with Crippen molar-refractivity contribution in [3.05, 3.63) is 72.3 Å². The number of piperidine rings is 1. The van der Waals surface area contributed by atoms with E-state index in [0.29, 0.717) is 42.5 Å². The molecular formula is C31H37N4O8PS. The smallest absolute Gasteiger partial charge is 0.335 e. The molecule has 3 atom stereocenters. The van der Waals surface area contributed by atoms with Gasteiger partial charge in [-0.25, -0.2) is 0 Å². The lowest BCUT2D eigenvalue weighted by atomic mass is 9.98. The molecule has 1 fully saturated rings. The second kappa shape index (κ2) is 15.4. The SMILES string of the molecule is COc1ccc(NC(=O)CC(SCP(=O)(O)O)C(=O)N2CCCC[C@H]2C(=O)N[C@@H](Cc2ccc3ccccc3c2)C(N)=O)cc1. The number of nitrogens with two attached hydrogens (primary N) is 1. The van der Waals surface area contributed by atoms with Crippen LogP contribution < -0.4 is 21.1 Å². The van der Waals surface area contributed by atoms with Crippen molar-refractivity contribution in [1.29, 1.82) is 0 Å². The molecule has 0 radical (unpaired) electrons. The average molecular weight is 657 g/mol. The van der Waals surface area contributed by atoms with Crippen LogP contribution in [-0.2, 0) is 30.2 Å². The first kappa shape index (κ1) is 34.0. The number of carbonyl (C=O) groups excluding carboxylic acids is 4. The van der Waals surface area contributed by atoms with Crippen LogP contribution in [0.1, 0.15) is 31.2 Å². The molecule has 3 aromatic rings. The lowest BCUT2D eigenvalue weighted by Crippen LogP contribution is -2.57. The van der Waals surface area contributed by atoms with Gasteiger partial charge < -0.3 is 35.8 Å².